The molecule has 0 fully saturated rings. The second-order valence-corrected chi connectivity index (χ2v) is 6.11. The maximum absolute atomic E-state index is 11.6. The molecule has 1 heterocycles. The average molecular weight is 312 g/mol. The van der Waals surface area contributed by atoms with Crippen molar-refractivity contribution in [1.29, 1.82) is 0 Å². The van der Waals surface area contributed by atoms with Gasteiger partial charge in [-0.1, -0.05) is 36.5 Å². The number of carbonyl (C=O) groups excluding carboxylic acids is 1. The molecule has 1 amide bonds. The van der Waals surface area contributed by atoms with E-state index in [1.54, 1.807) is 6.08 Å². The minimum absolute atomic E-state index is 0.0787. The summed E-state index contributed by atoms with van der Waals surface area (Å²) in [5.74, 6) is -0.487. The third kappa shape index (κ3) is 2.97. The minimum atomic E-state index is -0.952. The zero-order valence-electron chi connectivity index (χ0n) is 13.1. The maximum atomic E-state index is 11.6. The first kappa shape index (κ1) is 15.6. The normalized spacial score (nSPS) is 29.9. The summed E-state index contributed by atoms with van der Waals surface area (Å²) in [6, 6.07) is 0.287. The predicted octanol–water partition coefficient (Wildman–Crippen LogP) is 2.96. The largest absolute Gasteiger partial charge is 0.388 e. The van der Waals surface area contributed by atoms with Crippen LogP contribution in [0.2, 0.25) is 0 Å². The molecule has 1 N–H and O–H groups in total. The van der Waals surface area contributed by atoms with E-state index < -0.39 is 12.0 Å². The van der Waals surface area contributed by atoms with Gasteiger partial charge in [-0.05, 0) is 32.3 Å². The number of allylic oxidation sites excluding steroid dienone is 5. The lowest BCUT2D eigenvalue weighted by Gasteiger charge is -2.36. The molecule has 0 aromatic heterocycles. The Morgan fingerprint density at radius 2 is 2.09 bits per heavy atom. The van der Waals surface area contributed by atoms with Crippen LogP contribution in [0.25, 0.3) is 0 Å². The molecule has 1 aliphatic heterocycles. The van der Waals surface area contributed by atoms with Crippen molar-refractivity contribution in [2.75, 3.05) is 0 Å². The van der Waals surface area contributed by atoms with Crippen LogP contribution >= 0.6 is 0 Å². The number of nitroso groups, excluding NO2 is 1. The molecule has 0 aromatic rings. The Kier molecular flexibility index (Phi) is 4.39. The van der Waals surface area contributed by atoms with E-state index in [1.807, 2.05) is 13.0 Å². The van der Waals surface area contributed by atoms with E-state index in [2.05, 4.69) is 40.5 Å². The van der Waals surface area contributed by atoms with Crippen LogP contribution in [0.3, 0.4) is 0 Å². The summed E-state index contributed by atoms with van der Waals surface area (Å²) in [6.45, 7) is 2.04. The molecule has 0 saturated heterocycles. The van der Waals surface area contributed by atoms with Crippen LogP contribution in [-0.4, -0.2) is 28.1 Å². The smallest absolute Gasteiger partial charge is 0.315 e. The maximum Gasteiger partial charge on any atom is 0.315 e. The molecular formula is C18H20N2O3. The van der Waals surface area contributed by atoms with Crippen molar-refractivity contribution in [3.05, 3.63) is 64.4 Å². The first-order valence-corrected chi connectivity index (χ1v) is 7.88. The van der Waals surface area contributed by atoms with Gasteiger partial charge in [0.05, 0.1) is 11.7 Å². The third-order valence-corrected chi connectivity index (χ3v) is 4.70. The fraction of sp³-hybridized carbons (Fsp3) is 0.389. The van der Waals surface area contributed by atoms with Crippen LogP contribution in [0.4, 0.5) is 0 Å². The van der Waals surface area contributed by atoms with Gasteiger partial charge in [0.1, 0.15) is 0 Å². The Balaban J connectivity index is 1.89. The highest BCUT2D eigenvalue weighted by atomic mass is 16.3. The Morgan fingerprint density at radius 3 is 2.78 bits per heavy atom. The standard InChI is InChI=1S/C18H20N2O3/c1-12-7-9-16(13-5-3-2-4-6-13)20(12)14-8-10-17(21)15(11-14)18(22)19-23/h2-5,7-8,11,13,16-17,21H,6,9-10H2,1H3. The molecule has 2 aliphatic carbocycles. The van der Waals surface area contributed by atoms with Gasteiger partial charge in [-0.15, -0.1) is 4.91 Å². The SMILES string of the molecule is CC1=CCC(C2C=CC=CC2)N1C1=CCC(O)C(C(=O)N=O)=C1. The van der Waals surface area contributed by atoms with E-state index in [0.29, 0.717) is 12.3 Å². The summed E-state index contributed by atoms with van der Waals surface area (Å²) < 4.78 is 0. The van der Waals surface area contributed by atoms with E-state index >= 15 is 0 Å². The van der Waals surface area contributed by atoms with E-state index in [4.69, 9.17) is 0 Å². The molecule has 120 valence electrons. The number of aliphatic hydroxyl groups excluding tert-OH is 1. The monoisotopic (exact) mass is 312 g/mol. The summed E-state index contributed by atoms with van der Waals surface area (Å²) in [6.07, 6.45) is 15.5. The lowest BCUT2D eigenvalue weighted by molar-refractivity contribution is -0.115. The molecule has 5 nitrogen and oxygen atoms in total. The minimum Gasteiger partial charge on any atom is -0.388 e. The topological polar surface area (TPSA) is 70.0 Å². The first-order chi connectivity index (χ1) is 11.1. The number of rotatable bonds is 3. The Bertz CT molecular complexity index is 670. The summed E-state index contributed by atoms with van der Waals surface area (Å²) in [4.78, 5) is 24.4. The molecule has 0 saturated carbocycles. The van der Waals surface area contributed by atoms with Gasteiger partial charge in [0.2, 0.25) is 0 Å². The lowest BCUT2D eigenvalue weighted by atomic mass is 9.90. The summed E-state index contributed by atoms with van der Waals surface area (Å²) in [5.41, 5.74) is 2.07. The van der Waals surface area contributed by atoms with Crippen molar-refractivity contribution >= 4 is 5.91 Å². The van der Waals surface area contributed by atoms with Crippen LogP contribution in [0.15, 0.2) is 64.7 Å². The van der Waals surface area contributed by atoms with Crippen LogP contribution in [0.5, 0.6) is 0 Å². The highest BCUT2D eigenvalue weighted by Gasteiger charge is 2.33. The number of hydrogen-bond acceptors (Lipinski definition) is 4. The molecule has 0 spiro atoms. The van der Waals surface area contributed by atoms with Crippen molar-refractivity contribution in [1.82, 2.24) is 4.90 Å². The fourth-order valence-electron chi connectivity index (χ4n) is 3.50. The molecule has 0 bridgehead atoms. The number of aliphatic hydroxyl groups is 1. The molecule has 0 radical (unpaired) electrons. The second-order valence-electron chi connectivity index (χ2n) is 6.11. The zero-order valence-corrected chi connectivity index (χ0v) is 13.1. The number of amides is 1. The van der Waals surface area contributed by atoms with E-state index in [0.717, 1.165) is 24.2 Å². The van der Waals surface area contributed by atoms with Gasteiger partial charge < -0.3 is 10.0 Å². The van der Waals surface area contributed by atoms with Crippen LogP contribution in [-0.2, 0) is 4.79 Å². The molecular weight excluding hydrogens is 292 g/mol. The Hall–Kier alpha value is -2.27. The second kappa shape index (κ2) is 6.46. The fourth-order valence-corrected chi connectivity index (χ4v) is 3.50. The van der Waals surface area contributed by atoms with E-state index in [-0.39, 0.29) is 11.6 Å². The van der Waals surface area contributed by atoms with Gasteiger partial charge in [0, 0.05) is 28.5 Å². The van der Waals surface area contributed by atoms with Crippen LogP contribution < -0.4 is 0 Å². The van der Waals surface area contributed by atoms with Gasteiger partial charge in [-0.25, -0.2) is 0 Å². The number of hydrogen-bond donors (Lipinski definition) is 1. The molecule has 23 heavy (non-hydrogen) atoms. The number of nitrogens with zero attached hydrogens (tertiary/aromatic N) is 2. The van der Waals surface area contributed by atoms with Crippen LogP contribution in [0.1, 0.15) is 26.2 Å². The average Bonchev–Trinajstić information content (AvgIpc) is 2.97. The molecule has 3 unspecified atom stereocenters. The Morgan fingerprint density at radius 1 is 1.26 bits per heavy atom. The first-order valence-electron chi connectivity index (χ1n) is 7.88. The number of carbonyl (C=O) groups is 1. The molecule has 5 heteroatoms. The van der Waals surface area contributed by atoms with Crippen molar-refractivity contribution in [2.24, 2.45) is 11.1 Å². The summed E-state index contributed by atoms with van der Waals surface area (Å²) >= 11 is 0. The molecule has 3 atom stereocenters. The van der Waals surface area contributed by atoms with Gasteiger partial charge in [0.25, 0.3) is 0 Å². The highest BCUT2D eigenvalue weighted by Crippen LogP contribution is 2.36. The van der Waals surface area contributed by atoms with Gasteiger partial charge in [-0.2, -0.15) is 0 Å². The molecule has 3 aliphatic rings. The van der Waals surface area contributed by atoms with Gasteiger partial charge in [-0.3, -0.25) is 4.79 Å². The highest BCUT2D eigenvalue weighted by molar-refractivity contribution is 5.95. The van der Waals surface area contributed by atoms with E-state index in [1.165, 1.54) is 0 Å². The van der Waals surface area contributed by atoms with Crippen molar-refractivity contribution < 1.29 is 9.90 Å². The van der Waals surface area contributed by atoms with Gasteiger partial charge >= 0.3 is 5.91 Å². The van der Waals surface area contributed by atoms with E-state index in [9.17, 15) is 14.8 Å². The lowest BCUT2D eigenvalue weighted by Crippen LogP contribution is -2.35. The summed E-state index contributed by atoms with van der Waals surface area (Å²) in [5, 5.41) is 12.4. The zero-order chi connectivity index (χ0) is 16.4. The predicted molar refractivity (Wildman–Crippen MR) is 88.0 cm³/mol. The third-order valence-electron chi connectivity index (χ3n) is 4.70. The van der Waals surface area contributed by atoms with Crippen LogP contribution in [0, 0.1) is 10.8 Å². The van der Waals surface area contributed by atoms with Crippen molar-refractivity contribution in [3.8, 4) is 0 Å². The quantitative estimate of drug-likeness (QED) is 0.813. The van der Waals surface area contributed by atoms with Gasteiger partial charge in [0.15, 0.2) is 0 Å². The molecule has 3 rings (SSSR count). The summed E-state index contributed by atoms with van der Waals surface area (Å²) in [7, 11) is 0. The van der Waals surface area contributed by atoms with Crippen molar-refractivity contribution in [3.63, 3.8) is 0 Å². The molecule has 0 aromatic carbocycles. The Labute approximate surface area is 135 Å². The van der Waals surface area contributed by atoms with Crippen molar-refractivity contribution in [2.45, 2.75) is 38.3 Å².